The first-order chi connectivity index (χ1) is 13.5. The third-order valence-corrected chi connectivity index (χ3v) is 6.50. The van der Waals surface area contributed by atoms with E-state index >= 15 is 0 Å². The minimum absolute atomic E-state index is 0. The molecule has 4 rings (SSSR count). The highest BCUT2D eigenvalue weighted by atomic mass is 79.9. The van der Waals surface area contributed by atoms with Crippen LogP contribution < -0.4 is 5.32 Å². The number of carbonyl (C=O) groups excluding carboxylic acids is 3. The summed E-state index contributed by atoms with van der Waals surface area (Å²) >= 11 is 13.3. The highest BCUT2D eigenvalue weighted by Gasteiger charge is 2.35. The van der Waals surface area contributed by atoms with Crippen LogP contribution in [0.5, 0.6) is 0 Å². The first-order valence-electron chi connectivity index (χ1n) is 8.50. The minimum Gasteiger partial charge on any atom is -0.337 e. The number of halogens is 3. The van der Waals surface area contributed by atoms with E-state index < -0.39 is 11.8 Å². The molecule has 0 bridgehead atoms. The SMILES string of the molecule is O=Cc1c(Br)c2c3c(c(-c4ccccc4Cl)cc2n1CCCBr)C(=O)NC3=O.[HH]. The van der Waals surface area contributed by atoms with E-state index in [9.17, 15) is 14.4 Å². The minimum atomic E-state index is -0.477. The number of nitrogens with one attached hydrogen (secondary N) is 1. The molecule has 8 heteroatoms. The monoisotopic (exact) mass is 524 g/mol. The van der Waals surface area contributed by atoms with Crippen LogP contribution in [0.1, 0.15) is 39.1 Å². The van der Waals surface area contributed by atoms with E-state index in [2.05, 4.69) is 37.2 Å². The lowest BCUT2D eigenvalue weighted by Crippen LogP contribution is -2.20. The lowest BCUT2D eigenvalue weighted by molar-refractivity contribution is 0.0880. The van der Waals surface area contributed by atoms with Gasteiger partial charge in [0.1, 0.15) is 0 Å². The zero-order valence-electron chi connectivity index (χ0n) is 14.4. The van der Waals surface area contributed by atoms with Crippen LogP contribution in [0.4, 0.5) is 0 Å². The number of hydrogen-bond donors (Lipinski definition) is 1. The van der Waals surface area contributed by atoms with Crippen molar-refractivity contribution in [1.29, 1.82) is 0 Å². The van der Waals surface area contributed by atoms with Crippen molar-refractivity contribution in [3.05, 3.63) is 56.6 Å². The molecule has 0 saturated carbocycles. The summed E-state index contributed by atoms with van der Waals surface area (Å²) in [5.41, 5.74) is 2.91. The van der Waals surface area contributed by atoms with Gasteiger partial charge in [0.15, 0.2) is 6.29 Å². The third kappa shape index (κ3) is 2.84. The summed E-state index contributed by atoms with van der Waals surface area (Å²) in [5.74, 6) is -0.945. The fourth-order valence-corrected chi connectivity index (χ4v) is 4.83. The van der Waals surface area contributed by atoms with Gasteiger partial charge >= 0.3 is 0 Å². The van der Waals surface area contributed by atoms with E-state index in [1.807, 2.05) is 16.7 Å². The number of fused-ring (bicyclic) bond motifs is 3. The van der Waals surface area contributed by atoms with Crippen molar-refractivity contribution in [3.63, 3.8) is 0 Å². The van der Waals surface area contributed by atoms with Crippen molar-refractivity contribution in [2.75, 3.05) is 5.33 Å². The smallest absolute Gasteiger partial charge is 0.259 e. The fraction of sp³-hybridized carbons (Fsp3) is 0.150. The molecule has 1 N–H and O–H groups in total. The lowest BCUT2D eigenvalue weighted by Gasteiger charge is -2.12. The molecule has 28 heavy (non-hydrogen) atoms. The van der Waals surface area contributed by atoms with E-state index in [0.29, 0.717) is 43.8 Å². The Morgan fingerprint density at radius 2 is 1.86 bits per heavy atom. The highest BCUT2D eigenvalue weighted by molar-refractivity contribution is 9.10. The quantitative estimate of drug-likeness (QED) is 0.273. The van der Waals surface area contributed by atoms with Gasteiger partial charge in [0, 0.05) is 29.3 Å². The van der Waals surface area contributed by atoms with Crippen LogP contribution in [-0.4, -0.2) is 28.0 Å². The van der Waals surface area contributed by atoms with Gasteiger partial charge in [-0.2, -0.15) is 0 Å². The molecule has 2 amide bonds. The first-order valence-corrected chi connectivity index (χ1v) is 10.8. The van der Waals surface area contributed by atoms with Gasteiger partial charge in [-0.25, -0.2) is 0 Å². The maximum absolute atomic E-state index is 12.6. The predicted molar refractivity (Wildman–Crippen MR) is 118 cm³/mol. The molecular weight excluding hydrogens is 511 g/mol. The van der Waals surface area contributed by atoms with Gasteiger partial charge in [-0.15, -0.1) is 0 Å². The summed E-state index contributed by atoms with van der Waals surface area (Å²) in [6.45, 7) is 0.581. The Morgan fingerprint density at radius 3 is 2.54 bits per heavy atom. The number of aryl methyl sites for hydroxylation is 1. The molecule has 0 unspecified atom stereocenters. The van der Waals surface area contributed by atoms with Crippen LogP contribution in [0.25, 0.3) is 22.0 Å². The van der Waals surface area contributed by atoms with Crippen LogP contribution in [0.2, 0.25) is 5.02 Å². The molecule has 0 radical (unpaired) electrons. The Balaban J connectivity index is 0.00000240. The van der Waals surface area contributed by atoms with Gasteiger partial charge < -0.3 is 4.57 Å². The van der Waals surface area contributed by atoms with E-state index in [-0.39, 0.29) is 12.6 Å². The molecule has 2 heterocycles. The van der Waals surface area contributed by atoms with Gasteiger partial charge in [0.25, 0.3) is 11.8 Å². The molecule has 0 fully saturated rings. The summed E-state index contributed by atoms with van der Waals surface area (Å²) in [4.78, 5) is 37.0. The molecule has 0 atom stereocenters. The van der Waals surface area contributed by atoms with Crippen molar-refractivity contribution in [2.45, 2.75) is 13.0 Å². The molecule has 5 nitrogen and oxygen atoms in total. The van der Waals surface area contributed by atoms with Crippen LogP contribution in [-0.2, 0) is 6.54 Å². The van der Waals surface area contributed by atoms with Crippen molar-refractivity contribution in [3.8, 4) is 11.1 Å². The molecule has 1 aliphatic rings. The molecule has 0 spiro atoms. The Labute approximate surface area is 183 Å². The maximum atomic E-state index is 12.6. The average Bonchev–Trinajstić information content (AvgIpc) is 3.13. The second-order valence-corrected chi connectivity index (χ2v) is 8.34. The van der Waals surface area contributed by atoms with Crippen LogP contribution >= 0.6 is 43.5 Å². The summed E-state index contributed by atoms with van der Waals surface area (Å²) in [6, 6.07) is 9.00. The number of aldehydes is 1. The zero-order chi connectivity index (χ0) is 20.0. The number of aromatic nitrogens is 1. The number of alkyl halides is 1. The van der Waals surface area contributed by atoms with Crippen LogP contribution in [0.15, 0.2) is 34.8 Å². The topological polar surface area (TPSA) is 68.2 Å². The first kappa shape index (κ1) is 19.4. The molecule has 1 aliphatic heterocycles. The summed E-state index contributed by atoms with van der Waals surface area (Å²) in [6.07, 6.45) is 1.55. The molecule has 2 aromatic carbocycles. The number of amides is 2. The molecular formula is C20H15Br2ClN2O3. The number of nitrogens with zero attached hydrogens (tertiary/aromatic N) is 1. The van der Waals surface area contributed by atoms with Gasteiger partial charge in [0.2, 0.25) is 0 Å². The van der Waals surface area contributed by atoms with Gasteiger partial charge in [-0.05, 0) is 40.0 Å². The molecule has 0 saturated heterocycles. The summed E-state index contributed by atoms with van der Waals surface area (Å²) < 4.78 is 2.38. The lowest BCUT2D eigenvalue weighted by atomic mass is 9.94. The predicted octanol–water partition coefficient (Wildman–Crippen LogP) is 5.45. The van der Waals surface area contributed by atoms with Crippen molar-refractivity contribution >= 4 is 72.5 Å². The highest BCUT2D eigenvalue weighted by Crippen LogP contribution is 2.42. The van der Waals surface area contributed by atoms with Gasteiger partial charge in [0.05, 0.1) is 26.8 Å². The second-order valence-electron chi connectivity index (χ2n) is 6.34. The summed E-state index contributed by atoms with van der Waals surface area (Å²) in [7, 11) is 0. The van der Waals surface area contributed by atoms with E-state index in [1.54, 1.807) is 18.2 Å². The fourth-order valence-electron chi connectivity index (χ4n) is 3.64. The van der Waals surface area contributed by atoms with Crippen molar-refractivity contribution in [2.24, 2.45) is 0 Å². The Hall–Kier alpha value is -1.96. The van der Waals surface area contributed by atoms with Gasteiger partial charge in [-0.1, -0.05) is 45.7 Å². The molecule has 144 valence electrons. The Kier molecular flexibility index (Phi) is 5.16. The standard InChI is InChI=1S/C20H13Br2ClN2O3.H2/c21-6-3-7-25-13-8-11(10-4-1-2-5-12(10)23)15-17(20(28)24-19(15)27)16(13)18(22)14(25)9-26;/h1-2,4-5,8-9H,3,6-7H2,(H,24,27,28);1H. The number of benzene rings is 2. The van der Waals surface area contributed by atoms with E-state index in [0.717, 1.165) is 18.0 Å². The number of rotatable bonds is 5. The van der Waals surface area contributed by atoms with Crippen LogP contribution in [0.3, 0.4) is 0 Å². The molecule has 1 aromatic heterocycles. The Bertz CT molecular complexity index is 1180. The summed E-state index contributed by atoms with van der Waals surface area (Å²) in [5, 5.41) is 4.18. The normalized spacial score (nSPS) is 13.1. The zero-order valence-corrected chi connectivity index (χ0v) is 18.3. The average molecular weight is 527 g/mol. The number of imide groups is 1. The van der Waals surface area contributed by atoms with Gasteiger partial charge in [-0.3, -0.25) is 19.7 Å². The third-order valence-electron chi connectivity index (χ3n) is 4.80. The van der Waals surface area contributed by atoms with Crippen LogP contribution in [0, 0.1) is 0 Å². The van der Waals surface area contributed by atoms with Crippen molar-refractivity contribution < 1.29 is 15.8 Å². The van der Waals surface area contributed by atoms with Crippen molar-refractivity contribution in [1.82, 2.24) is 9.88 Å². The van der Waals surface area contributed by atoms with E-state index in [1.165, 1.54) is 0 Å². The second kappa shape index (κ2) is 7.46. The van der Waals surface area contributed by atoms with E-state index in [4.69, 9.17) is 11.6 Å². The Morgan fingerprint density at radius 1 is 1.14 bits per heavy atom. The molecule has 3 aromatic rings. The number of carbonyl (C=O) groups is 3. The molecule has 0 aliphatic carbocycles. The maximum Gasteiger partial charge on any atom is 0.259 e. The largest absolute Gasteiger partial charge is 0.337 e. The number of hydrogen-bond acceptors (Lipinski definition) is 3.